The molecule has 0 aliphatic heterocycles. The van der Waals surface area contributed by atoms with Crippen LogP contribution in [-0.4, -0.2) is 18.9 Å². The number of nitrogens with zero attached hydrogens (tertiary/aromatic N) is 1. The number of rotatable bonds is 3. The van der Waals surface area contributed by atoms with E-state index in [9.17, 15) is 14.0 Å². The van der Waals surface area contributed by atoms with Gasteiger partial charge in [-0.1, -0.05) is 22.0 Å². The Morgan fingerprint density at radius 3 is 2.55 bits per heavy atom. The van der Waals surface area contributed by atoms with Crippen LogP contribution in [0.2, 0.25) is 0 Å². The first kappa shape index (κ1) is 16.2. The number of benzene rings is 2. The lowest BCUT2D eigenvalue weighted by atomic mass is 10.2. The molecule has 0 fully saturated rings. The van der Waals surface area contributed by atoms with Gasteiger partial charge in [0, 0.05) is 24.0 Å². The van der Waals surface area contributed by atoms with Gasteiger partial charge in [0.15, 0.2) is 0 Å². The lowest BCUT2D eigenvalue weighted by molar-refractivity contribution is -0.116. The maximum atomic E-state index is 13.5. The summed E-state index contributed by atoms with van der Waals surface area (Å²) in [5, 5.41) is 2.64. The van der Waals surface area contributed by atoms with Crippen molar-refractivity contribution in [2.45, 2.75) is 6.92 Å². The predicted molar refractivity (Wildman–Crippen MR) is 87.6 cm³/mol. The van der Waals surface area contributed by atoms with Crippen LogP contribution in [0.3, 0.4) is 0 Å². The highest BCUT2D eigenvalue weighted by Gasteiger charge is 2.15. The molecule has 0 spiro atoms. The maximum Gasteiger partial charge on any atom is 0.255 e. The second-order valence-electron chi connectivity index (χ2n) is 4.70. The van der Waals surface area contributed by atoms with Gasteiger partial charge in [0.05, 0.1) is 11.4 Å². The minimum absolute atomic E-state index is 0.218. The third kappa shape index (κ3) is 3.71. The zero-order valence-corrected chi connectivity index (χ0v) is 13.6. The maximum absolute atomic E-state index is 13.5. The highest BCUT2D eigenvalue weighted by atomic mass is 79.9. The quantitative estimate of drug-likeness (QED) is 0.899. The topological polar surface area (TPSA) is 49.4 Å². The van der Waals surface area contributed by atoms with Gasteiger partial charge < -0.3 is 10.2 Å². The summed E-state index contributed by atoms with van der Waals surface area (Å²) in [6.45, 7) is 1.39. The number of amides is 2. The van der Waals surface area contributed by atoms with Gasteiger partial charge in [0.25, 0.3) is 5.91 Å². The molecule has 0 atom stereocenters. The van der Waals surface area contributed by atoms with E-state index >= 15 is 0 Å². The largest absolute Gasteiger partial charge is 0.320 e. The smallest absolute Gasteiger partial charge is 0.255 e. The van der Waals surface area contributed by atoms with Gasteiger partial charge in [-0.05, 0) is 36.4 Å². The van der Waals surface area contributed by atoms with Crippen molar-refractivity contribution in [3.05, 3.63) is 58.3 Å². The van der Waals surface area contributed by atoms with E-state index in [4.69, 9.17) is 0 Å². The Kier molecular flexibility index (Phi) is 4.92. The molecule has 0 unspecified atom stereocenters. The Hall–Kier alpha value is -2.21. The number of carbonyl (C=O) groups excluding carboxylic acids is 2. The molecule has 22 heavy (non-hydrogen) atoms. The van der Waals surface area contributed by atoms with Crippen molar-refractivity contribution in [2.24, 2.45) is 0 Å². The van der Waals surface area contributed by atoms with Crippen molar-refractivity contribution in [3.8, 4) is 0 Å². The fraction of sp³-hybridized carbons (Fsp3) is 0.125. The fourth-order valence-corrected chi connectivity index (χ4v) is 2.29. The summed E-state index contributed by atoms with van der Waals surface area (Å²) in [6.07, 6.45) is 0. The van der Waals surface area contributed by atoms with E-state index in [-0.39, 0.29) is 17.5 Å². The molecule has 6 heteroatoms. The molecule has 1 N–H and O–H groups in total. The van der Waals surface area contributed by atoms with Crippen LogP contribution in [0, 0.1) is 5.82 Å². The zero-order chi connectivity index (χ0) is 16.3. The van der Waals surface area contributed by atoms with Crippen LogP contribution in [0.5, 0.6) is 0 Å². The second kappa shape index (κ2) is 6.70. The molecule has 0 radical (unpaired) electrons. The molecule has 2 amide bonds. The second-order valence-corrected chi connectivity index (χ2v) is 5.62. The number of hydrogen-bond acceptors (Lipinski definition) is 2. The standard InChI is InChI=1S/C16H14BrFN2O2/c1-10(21)20(2)15-7-6-13(18)9-14(15)19-16(22)11-4-3-5-12(17)8-11/h3-9H,1-2H3,(H,19,22). The van der Waals surface area contributed by atoms with E-state index in [0.717, 1.165) is 4.47 Å². The Bertz CT molecular complexity index is 734. The van der Waals surface area contributed by atoms with Crippen molar-refractivity contribution in [2.75, 3.05) is 17.3 Å². The average Bonchev–Trinajstić information content (AvgIpc) is 2.46. The number of anilines is 2. The van der Waals surface area contributed by atoms with E-state index in [1.807, 2.05) is 0 Å². The molecule has 0 saturated heterocycles. The van der Waals surface area contributed by atoms with Crippen molar-refractivity contribution in [1.29, 1.82) is 0 Å². The molecule has 0 aliphatic carbocycles. The van der Waals surface area contributed by atoms with Gasteiger partial charge in [-0.2, -0.15) is 0 Å². The molecule has 4 nitrogen and oxygen atoms in total. The monoisotopic (exact) mass is 364 g/mol. The summed E-state index contributed by atoms with van der Waals surface area (Å²) >= 11 is 3.29. The number of halogens is 2. The van der Waals surface area contributed by atoms with Crippen LogP contribution in [0.1, 0.15) is 17.3 Å². The Morgan fingerprint density at radius 2 is 1.91 bits per heavy atom. The normalized spacial score (nSPS) is 10.2. The fourth-order valence-electron chi connectivity index (χ4n) is 1.89. The van der Waals surface area contributed by atoms with Crippen molar-refractivity contribution < 1.29 is 14.0 Å². The lowest BCUT2D eigenvalue weighted by Crippen LogP contribution is -2.25. The van der Waals surface area contributed by atoms with Crippen LogP contribution >= 0.6 is 15.9 Å². The molecule has 2 aromatic rings. The highest BCUT2D eigenvalue weighted by Crippen LogP contribution is 2.27. The Morgan fingerprint density at radius 1 is 1.18 bits per heavy atom. The van der Waals surface area contributed by atoms with E-state index in [1.54, 1.807) is 31.3 Å². The van der Waals surface area contributed by atoms with Gasteiger partial charge >= 0.3 is 0 Å². The average molecular weight is 365 g/mol. The summed E-state index contributed by atoms with van der Waals surface area (Å²) < 4.78 is 14.2. The first-order valence-corrected chi connectivity index (χ1v) is 7.28. The highest BCUT2D eigenvalue weighted by molar-refractivity contribution is 9.10. The summed E-state index contributed by atoms with van der Waals surface area (Å²) in [4.78, 5) is 25.1. The molecule has 114 valence electrons. The minimum atomic E-state index is -0.495. The summed E-state index contributed by atoms with van der Waals surface area (Å²) in [7, 11) is 1.56. The molecule has 0 saturated carbocycles. The summed E-state index contributed by atoms with van der Waals surface area (Å²) in [5.41, 5.74) is 1.09. The van der Waals surface area contributed by atoms with Crippen LogP contribution in [0.25, 0.3) is 0 Å². The van der Waals surface area contributed by atoms with Crippen molar-refractivity contribution >= 4 is 39.1 Å². The SMILES string of the molecule is CC(=O)N(C)c1ccc(F)cc1NC(=O)c1cccc(Br)c1. The van der Waals surface area contributed by atoms with Crippen LogP contribution in [0.15, 0.2) is 46.9 Å². The molecule has 0 aromatic heterocycles. The van der Waals surface area contributed by atoms with Gasteiger partial charge in [0.2, 0.25) is 5.91 Å². The van der Waals surface area contributed by atoms with E-state index in [2.05, 4.69) is 21.2 Å². The predicted octanol–water partition coefficient (Wildman–Crippen LogP) is 3.82. The third-order valence-electron chi connectivity index (χ3n) is 3.13. The molecule has 0 heterocycles. The lowest BCUT2D eigenvalue weighted by Gasteiger charge is -2.19. The number of hydrogen-bond donors (Lipinski definition) is 1. The number of carbonyl (C=O) groups is 2. The Labute approximate surface area is 136 Å². The third-order valence-corrected chi connectivity index (χ3v) is 3.62. The molecule has 0 bridgehead atoms. The van der Waals surface area contributed by atoms with E-state index in [1.165, 1.54) is 30.0 Å². The number of nitrogens with one attached hydrogen (secondary N) is 1. The van der Waals surface area contributed by atoms with Gasteiger partial charge in [-0.25, -0.2) is 4.39 Å². The zero-order valence-electron chi connectivity index (χ0n) is 12.1. The van der Waals surface area contributed by atoms with Crippen LogP contribution in [-0.2, 0) is 4.79 Å². The van der Waals surface area contributed by atoms with E-state index < -0.39 is 5.82 Å². The first-order valence-electron chi connectivity index (χ1n) is 6.49. The van der Waals surface area contributed by atoms with Crippen LogP contribution in [0.4, 0.5) is 15.8 Å². The van der Waals surface area contributed by atoms with Gasteiger partial charge in [-0.3, -0.25) is 9.59 Å². The molecule has 0 aliphatic rings. The molecule has 2 aromatic carbocycles. The molecular formula is C16H14BrFN2O2. The molecular weight excluding hydrogens is 351 g/mol. The Balaban J connectivity index is 2.34. The summed E-state index contributed by atoms with van der Waals surface area (Å²) in [5.74, 6) is -1.10. The van der Waals surface area contributed by atoms with Gasteiger partial charge in [-0.15, -0.1) is 0 Å². The van der Waals surface area contributed by atoms with Gasteiger partial charge in [0.1, 0.15) is 5.82 Å². The molecule has 2 rings (SSSR count). The van der Waals surface area contributed by atoms with Crippen LogP contribution < -0.4 is 10.2 Å². The van der Waals surface area contributed by atoms with Crippen molar-refractivity contribution in [3.63, 3.8) is 0 Å². The minimum Gasteiger partial charge on any atom is -0.320 e. The van der Waals surface area contributed by atoms with Crippen molar-refractivity contribution in [1.82, 2.24) is 0 Å². The first-order chi connectivity index (χ1) is 10.4. The van der Waals surface area contributed by atoms with E-state index in [0.29, 0.717) is 11.3 Å². The summed E-state index contributed by atoms with van der Waals surface area (Å²) in [6, 6.07) is 10.7.